The number of imidazole rings is 1. The highest BCUT2D eigenvalue weighted by atomic mass is 16.3. The number of hydrogen-bond donors (Lipinski definition) is 5. The molecule has 0 radical (unpaired) electrons. The van der Waals surface area contributed by atoms with Crippen LogP contribution in [0.15, 0.2) is 16.0 Å². The fourth-order valence-corrected chi connectivity index (χ4v) is 4.48. The van der Waals surface area contributed by atoms with Gasteiger partial charge in [-0.1, -0.05) is 6.92 Å². The second-order valence-electron chi connectivity index (χ2n) is 10.3. The minimum atomic E-state index is -0.496. The van der Waals surface area contributed by atoms with Crippen molar-refractivity contribution in [3.63, 3.8) is 0 Å². The molecule has 3 aromatic heterocycles. The first-order chi connectivity index (χ1) is 16.9. The van der Waals surface area contributed by atoms with Crippen molar-refractivity contribution >= 4 is 23.6 Å². The zero-order chi connectivity index (χ0) is 24.2. The predicted octanol–water partition coefficient (Wildman–Crippen LogP) is 0.0965. The van der Waals surface area contributed by atoms with E-state index in [9.17, 15) is 14.7 Å². The number of fused-ring (bicyclic) bond motifs is 1. The van der Waals surface area contributed by atoms with Crippen molar-refractivity contribution in [2.75, 3.05) is 5.32 Å². The first kappa shape index (κ1) is 21.8. The highest BCUT2D eigenvalue weighted by molar-refractivity contribution is 5.85. The minimum absolute atomic E-state index is 0.149. The molecule has 0 aliphatic heterocycles. The summed E-state index contributed by atoms with van der Waals surface area (Å²) in [7, 11) is 0. The van der Waals surface area contributed by atoms with Crippen molar-refractivity contribution in [1.82, 2.24) is 34.9 Å². The molecule has 0 bridgehead atoms. The first-order valence-corrected chi connectivity index (χ1v) is 12.3. The highest BCUT2D eigenvalue weighted by Crippen LogP contribution is 2.45. The Balaban J connectivity index is 1.24. The Labute approximate surface area is 200 Å². The van der Waals surface area contributed by atoms with Gasteiger partial charge in [-0.15, -0.1) is 0 Å². The van der Waals surface area contributed by atoms with E-state index in [4.69, 9.17) is 9.98 Å². The van der Waals surface area contributed by atoms with E-state index in [0.29, 0.717) is 22.4 Å². The van der Waals surface area contributed by atoms with Crippen LogP contribution in [0.25, 0.3) is 11.7 Å². The van der Waals surface area contributed by atoms with Crippen molar-refractivity contribution in [1.29, 1.82) is 0 Å². The molecular weight excluding hydrogens is 450 g/mol. The van der Waals surface area contributed by atoms with Crippen LogP contribution in [-0.4, -0.2) is 58.7 Å². The predicted molar refractivity (Wildman–Crippen MR) is 126 cm³/mol. The van der Waals surface area contributed by atoms with Gasteiger partial charge in [-0.05, 0) is 57.4 Å². The molecule has 5 N–H and O–H groups in total. The van der Waals surface area contributed by atoms with Crippen LogP contribution in [0.4, 0.5) is 5.95 Å². The van der Waals surface area contributed by atoms with E-state index in [1.807, 2.05) is 6.92 Å². The standard InChI is InChI=1S/C23H29N9O3/c1-23(8-9-23)19(34)25-13-2-4-14(5-3-13)26-20-29-17-12(10-16-18(33)30-22(35)28-16)11-24-32(17)21(31-20)27-15-6-7-15/h10-11,13-15,33H,2-9H2,1H3,(H,25,34)(H,26,27,31)(H2,28,30,35). The van der Waals surface area contributed by atoms with E-state index in [0.717, 1.165) is 51.4 Å². The molecule has 0 spiro atoms. The fraction of sp³-hybridized carbons (Fsp3) is 0.565. The summed E-state index contributed by atoms with van der Waals surface area (Å²) >= 11 is 0. The third-order valence-corrected chi connectivity index (χ3v) is 7.20. The van der Waals surface area contributed by atoms with Gasteiger partial charge >= 0.3 is 5.69 Å². The number of nitrogens with zero attached hydrogens (tertiary/aromatic N) is 5. The molecule has 3 aliphatic rings. The summed E-state index contributed by atoms with van der Waals surface area (Å²) < 4.78 is 1.59. The number of nitrogens with one attached hydrogen (secondary N) is 4. The largest absolute Gasteiger partial charge is 0.493 e. The summed E-state index contributed by atoms with van der Waals surface area (Å²) in [5, 5.41) is 21.6. The van der Waals surface area contributed by atoms with Gasteiger partial charge in [0.15, 0.2) is 5.65 Å². The van der Waals surface area contributed by atoms with E-state index in [1.165, 1.54) is 0 Å². The van der Waals surface area contributed by atoms with E-state index in [1.54, 1.807) is 16.8 Å². The molecule has 3 fully saturated rings. The van der Waals surface area contributed by atoms with Crippen molar-refractivity contribution in [2.24, 2.45) is 10.4 Å². The van der Waals surface area contributed by atoms with Crippen LogP contribution in [0, 0.1) is 5.41 Å². The number of aromatic amines is 2. The summed E-state index contributed by atoms with van der Waals surface area (Å²) in [6.07, 6.45) is 10.9. The third-order valence-electron chi connectivity index (χ3n) is 7.20. The maximum atomic E-state index is 12.4. The molecule has 1 amide bonds. The minimum Gasteiger partial charge on any atom is -0.493 e. The van der Waals surface area contributed by atoms with Crippen molar-refractivity contribution < 1.29 is 9.90 Å². The van der Waals surface area contributed by atoms with Gasteiger partial charge in [0.1, 0.15) is 5.69 Å². The molecule has 6 rings (SSSR count). The van der Waals surface area contributed by atoms with Gasteiger partial charge < -0.3 is 20.7 Å². The zero-order valence-corrected chi connectivity index (χ0v) is 19.5. The van der Waals surface area contributed by atoms with Crippen molar-refractivity contribution in [3.05, 3.63) is 33.2 Å². The Morgan fingerprint density at radius 1 is 1.17 bits per heavy atom. The maximum absolute atomic E-state index is 12.4. The maximum Gasteiger partial charge on any atom is 0.326 e. The Hall–Kier alpha value is -3.70. The Morgan fingerprint density at radius 3 is 2.57 bits per heavy atom. The van der Waals surface area contributed by atoms with Crippen LogP contribution < -0.4 is 27.2 Å². The monoisotopic (exact) mass is 479 g/mol. The van der Waals surface area contributed by atoms with Crippen LogP contribution in [0.1, 0.15) is 64.0 Å². The molecule has 35 heavy (non-hydrogen) atoms. The molecule has 0 saturated heterocycles. The average molecular weight is 480 g/mol. The van der Waals surface area contributed by atoms with Gasteiger partial charge in [-0.2, -0.15) is 19.6 Å². The SMILES string of the molecule is CC1(C(=O)NC2CCC(Nc3nc(=NC4CC4)n4ncc(=Cc5[nH]c(=O)[nH]c5O)c4n3)CC2)CC1. The number of rotatable bonds is 6. The van der Waals surface area contributed by atoms with Gasteiger partial charge in [-0.3, -0.25) is 9.78 Å². The molecule has 3 saturated carbocycles. The Kier molecular flexibility index (Phi) is 5.11. The number of carbonyl (C=O) groups excluding carboxylic acids is 1. The quantitative estimate of drug-likeness (QED) is 0.334. The lowest BCUT2D eigenvalue weighted by atomic mass is 9.90. The van der Waals surface area contributed by atoms with Gasteiger partial charge in [0, 0.05) is 22.7 Å². The summed E-state index contributed by atoms with van der Waals surface area (Å²) in [5.74, 6) is 0.411. The van der Waals surface area contributed by atoms with Gasteiger partial charge in [0.2, 0.25) is 17.7 Å². The first-order valence-electron chi connectivity index (χ1n) is 12.3. The molecule has 184 valence electrons. The number of hydrogen-bond acceptors (Lipinski definition) is 8. The van der Waals surface area contributed by atoms with Crippen molar-refractivity contribution in [2.45, 2.75) is 76.4 Å². The number of amides is 1. The topological polar surface area (TPSA) is 165 Å². The lowest BCUT2D eigenvalue weighted by molar-refractivity contribution is -0.126. The molecule has 3 heterocycles. The summed E-state index contributed by atoms with van der Waals surface area (Å²) in [6, 6.07) is 0.653. The zero-order valence-electron chi connectivity index (χ0n) is 19.5. The number of aromatic hydroxyl groups is 1. The Bertz CT molecular complexity index is 1450. The van der Waals surface area contributed by atoms with Crippen LogP contribution in [0.2, 0.25) is 0 Å². The van der Waals surface area contributed by atoms with Crippen LogP contribution in [-0.2, 0) is 4.79 Å². The number of H-pyrrole nitrogens is 2. The average Bonchev–Trinajstić information content (AvgIpc) is 3.73. The smallest absolute Gasteiger partial charge is 0.326 e. The molecule has 0 unspecified atom stereocenters. The molecule has 12 nitrogen and oxygen atoms in total. The van der Waals surface area contributed by atoms with Crippen LogP contribution in [0.3, 0.4) is 0 Å². The molecule has 0 aromatic carbocycles. The van der Waals surface area contributed by atoms with E-state index in [2.05, 4.69) is 30.7 Å². The highest BCUT2D eigenvalue weighted by Gasteiger charge is 2.45. The fourth-order valence-electron chi connectivity index (χ4n) is 4.48. The number of carbonyl (C=O) groups is 1. The van der Waals surface area contributed by atoms with E-state index >= 15 is 0 Å². The van der Waals surface area contributed by atoms with Crippen LogP contribution in [0.5, 0.6) is 5.88 Å². The van der Waals surface area contributed by atoms with Gasteiger partial charge in [-0.25, -0.2) is 9.79 Å². The van der Waals surface area contributed by atoms with Gasteiger partial charge in [0.05, 0.1) is 12.2 Å². The van der Waals surface area contributed by atoms with Gasteiger partial charge in [0.25, 0.3) is 5.62 Å². The van der Waals surface area contributed by atoms with E-state index in [-0.39, 0.29) is 41.0 Å². The molecule has 3 aliphatic carbocycles. The number of aromatic nitrogens is 6. The molecule has 3 aromatic rings. The van der Waals surface area contributed by atoms with Crippen LogP contribution >= 0.6 is 0 Å². The Morgan fingerprint density at radius 2 is 1.91 bits per heavy atom. The normalized spacial score (nSPS) is 24.6. The van der Waals surface area contributed by atoms with Crippen molar-refractivity contribution in [3.8, 4) is 5.88 Å². The lowest BCUT2D eigenvalue weighted by Crippen LogP contribution is -2.43. The summed E-state index contributed by atoms with van der Waals surface area (Å²) in [6.45, 7) is 2.03. The molecular formula is C23H29N9O3. The second kappa shape index (κ2) is 8.21. The van der Waals surface area contributed by atoms with E-state index < -0.39 is 5.69 Å². The summed E-state index contributed by atoms with van der Waals surface area (Å²) in [4.78, 5) is 42.8. The summed E-state index contributed by atoms with van der Waals surface area (Å²) in [5.41, 5.74) is 0.611. The molecule has 0 atom stereocenters. The third kappa shape index (κ3) is 4.52. The number of anilines is 1. The second-order valence-corrected chi connectivity index (χ2v) is 10.3. The lowest BCUT2D eigenvalue weighted by Gasteiger charge is -2.30. The molecule has 12 heteroatoms.